The first-order valence-corrected chi connectivity index (χ1v) is 7.91. The van der Waals surface area contributed by atoms with E-state index >= 15 is 0 Å². The SMILES string of the molecule is COc1cc(OC)c2c(c1)OCC(O)C2c1ccc(OC)c(OC)c1. The van der Waals surface area contributed by atoms with Crippen LogP contribution in [0.25, 0.3) is 0 Å². The molecule has 0 saturated heterocycles. The minimum Gasteiger partial charge on any atom is -0.496 e. The molecule has 0 radical (unpaired) electrons. The molecule has 0 saturated carbocycles. The van der Waals surface area contributed by atoms with Crippen LogP contribution < -0.4 is 23.7 Å². The molecule has 2 aromatic rings. The highest BCUT2D eigenvalue weighted by atomic mass is 16.5. The fourth-order valence-electron chi connectivity index (χ4n) is 3.19. The van der Waals surface area contributed by atoms with Crippen molar-refractivity contribution in [3.05, 3.63) is 41.5 Å². The standard InChI is InChI=1S/C19H22O6/c1-21-12-8-16(24-4)19-17(9-12)25-10-13(20)18(19)11-5-6-14(22-2)15(7-11)23-3/h5-9,13,18,20H,10H2,1-4H3. The van der Waals surface area contributed by atoms with Crippen molar-refractivity contribution >= 4 is 0 Å². The van der Waals surface area contributed by atoms with Crippen LogP contribution in [0.4, 0.5) is 0 Å². The van der Waals surface area contributed by atoms with Crippen molar-refractivity contribution in [3.8, 4) is 28.7 Å². The van der Waals surface area contributed by atoms with Gasteiger partial charge < -0.3 is 28.8 Å². The lowest BCUT2D eigenvalue weighted by Crippen LogP contribution is -2.31. The van der Waals surface area contributed by atoms with Gasteiger partial charge in [0.2, 0.25) is 0 Å². The predicted octanol–water partition coefficient (Wildman–Crippen LogP) is 2.61. The molecule has 25 heavy (non-hydrogen) atoms. The van der Waals surface area contributed by atoms with Crippen molar-refractivity contribution in [3.63, 3.8) is 0 Å². The molecule has 2 atom stereocenters. The second-order valence-electron chi connectivity index (χ2n) is 5.71. The van der Waals surface area contributed by atoms with Crippen LogP contribution in [0.15, 0.2) is 30.3 Å². The maximum absolute atomic E-state index is 10.6. The Kier molecular flexibility index (Phi) is 4.90. The lowest BCUT2D eigenvalue weighted by atomic mass is 9.84. The van der Waals surface area contributed by atoms with Gasteiger partial charge in [-0.2, -0.15) is 0 Å². The second kappa shape index (κ2) is 7.11. The number of hydrogen-bond acceptors (Lipinski definition) is 6. The highest BCUT2D eigenvalue weighted by Gasteiger charge is 2.35. The molecule has 6 nitrogen and oxygen atoms in total. The third-order valence-electron chi connectivity index (χ3n) is 4.41. The van der Waals surface area contributed by atoms with Crippen LogP contribution in [0.1, 0.15) is 17.0 Å². The summed E-state index contributed by atoms with van der Waals surface area (Å²) in [5.74, 6) is 2.80. The zero-order chi connectivity index (χ0) is 18.0. The number of aliphatic hydroxyl groups excluding tert-OH is 1. The van der Waals surface area contributed by atoms with E-state index in [-0.39, 0.29) is 12.5 Å². The minimum absolute atomic E-state index is 0.183. The molecule has 134 valence electrons. The van der Waals surface area contributed by atoms with Crippen molar-refractivity contribution in [1.29, 1.82) is 0 Å². The number of rotatable bonds is 5. The number of methoxy groups -OCH3 is 4. The largest absolute Gasteiger partial charge is 0.496 e. The molecule has 1 N–H and O–H groups in total. The van der Waals surface area contributed by atoms with E-state index in [2.05, 4.69) is 0 Å². The Balaban J connectivity index is 2.15. The molecule has 3 rings (SSSR count). The molecule has 0 fully saturated rings. The van der Waals surface area contributed by atoms with Crippen molar-refractivity contribution in [2.75, 3.05) is 35.0 Å². The van der Waals surface area contributed by atoms with Gasteiger partial charge in [0.1, 0.15) is 23.9 Å². The summed E-state index contributed by atoms with van der Waals surface area (Å²) in [6, 6.07) is 9.19. The van der Waals surface area contributed by atoms with Gasteiger partial charge in [-0.3, -0.25) is 0 Å². The number of aliphatic hydroxyl groups is 1. The van der Waals surface area contributed by atoms with Crippen LogP contribution in [0.5, 0.6) is 28.7 Å². The fraction of sp³-hybridized carbons (Fsp3) is 0.368. The highest BCUT2D eigenvalue weighted by Crippen LogP contribution is 2.47. The van der Waals surface area contributed by atoms with E-state index in [0.717, 1.165) is 11.1 Å². The smallest absolute Gasteiger partial charge is 0.161 e. The monoisotopic (exact) mass is 346 g/mol. The van der Waals surface area contributed by atoms with Gasteiger partial charge in [-0.05, 0) is 17.7 Å². The number of hydrogen-bond donors (Lipinski definition) is 1. The van der Waals surface area contributed by atoms with Gasteiger partial charge >= 0.3 is 0 Å². The summed E-state index contributed by atoms with van der Waals surface area (Å²) in [7, 11) is 6.35. The van der Waals surface area contributed by atoms with Crippen molar-refractivity contribution in [2.24, 2.45) is 0 Å². The second-order valence-corrected chi connectivity index (χ2v) is 5.71. The van der Waals surface area contributed by atoms with Crippen LogP contribution in [-0.4, -0.2) is 46.3 Å². The Morgan fingerprint density at radius 3 is 2.24 bits per heavy atom. The summed E-state index contributed by atoms with van der Waals surface area (Å²) >= 11 is 0. The summed E-state index contributed by atoms with van der Waals surface area (Å²) in [6.07, 6.45) is -0.715. The molecular weight excluding hydrogens is 324 g/mol. The number of benzene rings is 2. The maximum Gasteiger partial charge on any atom is 0.161 e. The van der Waals surface area contributed by atoms with Crippen LogP contribution in [0.3, 0.4) is 0 Å². The van der Waals surface area contributed by atoms with Crippen molar-refractivity contribution in [2.45, 2.75) is 12.0 Å². The predicted molar refractivity (Wildman–Crippen MR) is 92.4 cm³/mol. The Hall–Kier alpha value is -2.60. The Bertz CT molecular complexity index is 741. The fourth-order valence-corrected chi connectivity index (χ4v) is 3.19. The highest BCUT2D eigenvalue weighted by molar-refractivity contribution is 5.58. The quantitative estimate of drug-likeness (QED) is 0.898. The van der Waals surface area contributed by atoms with Crippen LogP contribution in [0, 0.1) is 0 Å². The minimum atomic E-state index is -0.715. The van der Waals surface area contributed by atoms with Crippen LogP contribution in [-0.2, 0) is 0 Å². The summed E-state index contributed by atoms with van der Waals surface area (Å²) in [5.41, 5.74) is 1.67. The Morgan fingerprint density at radius 2 is 1.60 bits per heavy atom. The molecular formula is C19H22O6. The lowest BCUT2D eigenvalue weighted by molar-refractivity contribution is 0.0754. The first-order valence-electron chi connectivity index (χ1n) is 7.91. The molecule has 6 heteroatoms. The van der Waals surface area contributed by atoms with Gasteiger partial charge in [-0.1, -0.05) is 6.07 Å². The van der Waals surface area contributed by atoms with Gasteiger partial charge in [0, 0.05) is 23.6 Å². The van der Waals surface area contributed by atoms with E-state index < -0.39 is 6.10 Å². The molecule has 0 aromatic heterocycles. The molecule has 2 aromatic carbocycles. The van der Waals surface area contributed by atoms with Crippen molar-refractivity contribution in [1.82, 2.24) is 0 Å². The molecule has 0 spiro atoms. The molecule has 0 amide bonds. The topological polar surface area (TPSA) is 66.4 Å². The van der Waals surface area contributed by atoms with E-state index in [1.165, 1.54) is 0 Å². The Morgan fingerprint density at radius 1 is 0.880 bits per heavy atom. The maximum atomic E-state index is 10.6. The average molecular weight is 346 g/mol. The summed E-state index contributed by atoms with van der Waals surface area (Å²) in [5, 5.41) is 10.6. The summed E-state index contributed by atoms with van der Waals surface area (Å²) in [4.78, 5) is 0. The zero-order valence-corrected chi connectivity index (χ0v) is 14.7. The van der Waals surface area contributed by atoms with E-state index in [1.807, 2.05) is 18.2 Å². The van der Waals surface area contributed by atoms with E-state index in [9.17, 15) is 5.11 Å². The molecule has 0 aliphatic carbocycles. The third-order valence-corrected chi connectivity index (χ3v) is 4.41. The summed E-state index contributed by atoms with van der Waals surface area (Å²) < 4.78 is 27.2. The van der Waals surface area contributed by atoms with Crippen LogP contribution >= 0.6 is 0 Å². The average Bonchev–Trinajstić information content (AvgIpc) is 2.66. The Labute approximate surface area is 146 Å². The van der Waals surface area contributed by atoms with E-state index in [1.54, 1.807) is 40.6 Å². The molecule has 2 unspecified atom stereocenters. The van der Waals surface area contributed by atoms with E-state index in [0.29, 0.717) is 28.7 Å². The molecule has 1 aliphatic rings. The van der Waals surface area contributed by atoms with Gasteiger partial charge in [0.05, 0.1) is 34.5 Å². The van der Waals surface area contributed by atoms with Gasteiger partial charge in [0.25, 0.3) is 0 Å². The zero-order valence-electron chi connectivity index (χ0n) is 14.7. The molecule has 1 heterocycles. The number of fused-ring (bicyclic) bond motifs is 1. The summed E-state index contributed by atoms with van der Waals surface area (Å²) in [6.45, 7) is 0.183. The van der Waals surface area contributed by atoms with Gasteiger partial charge in [0.15, 0.2) is 11.5 Å². The first-order chi connectivity index (χ1) is 12.1. The molecule has 1 aliphatic heterocycles. The van der Waals surface area contributed by atoms with Gasteiger partial charge in [-0.25, -0.2) is 0 Å². The van der Waals surface area contributed by atoms with Crippen LogP contribution in [0.2, 0.25) is 0 Å². The van der Waals surface area contributed by atoms with E-state index in [4.69, 9.17) is 23.7 Å². The van der Waals surface area contributed by atoms with Crippen molar-refractivity contribution < 1.29 is 28.8 Å². The number of ether oxygens (including phenoxy) is 5. The van der Waals surface area contributed by atoms with Gasteiger partial charge in [-0.15, -0.1) is 0 Å². The first kappa shape index (κ1) is 17.2. The lowest BCUT2D eigenvalue weighted by Gasteiger charge is -2.32. The normalized spacial score (nSPS) is 18.8. The third kappa shape index (κ3) is 3.05. The molecule has 0 bridgehead atoms.